The Labute approximate surface area is 441 Å². The van der Waals surface area contributed by atoms with Crippen molar-refractivity contribution in [3.8, 4) is 0 Å². The van der Waals surface area contributed by atoms with Crippen molar-refractivity contribution in [1.29, 1.82) is 0 Å². The summed E-state index contributed by atoms with van der Waals surface area (Å²) >= 11 is 0. The first-order chi connectivity index (χ1) is 35.9. The number of carbonyl (C=O) groups excluding carboxylic acids is 7. The third-order valence-corrected chi connectivity index (χ3v) is 17.3. The third kappa shape index (κ3) is 13.9. The molecule has 20 nitrogen and oxygen atoms in total. The zero-order valence-corrected chi connectivity index (χ0v) is 43.8. The second-order valence-corrected chi connectivity index (χ2v) is 22.1. The summed E-state index contributed by atoms with van der Waals surface area (Å²) in [4.78, 5) is 125. The quantitative estimate of drug-likeness (QED) is 0.0513. The van der Waals surface area contributed by atoms with Crippen LogP contribution in [0.4, 0.5) is 0 Å². The predicted molar refractivity (Wildman–Crippen MR) is 265 cm³/mol. The van der Waals surface area contributed by atoms with Gasteiger partial charge in [-0.25, -0.2) is 9.59 Å². The van der Waals surface area contributed by atoms with Crippen molar-refractivity contribution >= 4 is 59.7 Å². The maximum absolute atomic E-state index is 13.8. The van der Waals surface area contributed by atoms with Crippen LogP contribution in [0.5, 0.6) is 0 Å². The largest absolute Gasteiger partial charge is 0.481 e. The molecule has 0 aromatic rings. The van der Waals surface area contributed by atoms with Gasteiger partial charge in [0.2, 0.25) is 0 Å². The van der Waals surface area contributed by atoms with E-state index in [1.807, 2.05) is 32.9 Å². The molecule has 4 aliphatic carbocycles. The van der Waals surface area contributed by atoms with Crippen molar-refractivity contribution in [2.45, 2.75) is 143 Å². The monoisotopic (exact) mass is 1060 g/mol. The number of carbonyl (C=O) groups is 10. The van der Waals surface area contributed by atoms with Crippen LogP contribution in [0.2, 0.25) is 0 Å². The molecule has 0 radical (unpaired) electrons. The van der Waals surface area contributed by atoms with Gasteiger partial charge in [0.1, 0.15) is 38.6 Å². The van der Waals surface area contributed by atoms with Crippen molar-refractivity contribution in [3.63, 3.8) is 0 Å². The van der Waals surface area contributed by atoms with Gasteiger partial charge in [-0.3, -0.25) is 38.4 Å². The van der Waals surface area contributed by atoms with E-state index in [0.717, 1.165) is 5.57 Å². The van der Waals surface area contributed by atoms with E-state index in [0.29, 0.717) is 56.1 Å². The highest BCUT2D eigenvalue weighted by molar-refractivity contribution is 5.94. The fourth-order valence-electron chi connectivity index (χ4n) is 13.3. The van der Waals surface area contributed by atoms with Crippen LogP contribution in [0, 0.1) is 51.2 Å². The molecule has 11 atom stereocenters. The van der Waals surface area contributed by atoms with Gasteiger partial charge in [-0.2, -0.15) is 0 Å². The predicted octanol–water partition coefficient (Wildman–Crippen LogP) is 6.73. The summed E-state index contributed by atoms with van der Waals surface area (Å²) in [6, 6.07) is 0. The molecule has 0 saturated heterocycles. The van der Waals surface area contributed by atoms with Crippen LogP contribution in [0.1, 0.15) is 130 Å². The van der Waals surface area contributed by atoms with Gasteiger partial charge in [-0.05, 0) is 98.0 Å². The second-order valence-electron chi connectivity index (χ2n) is 22.1. The fourth-order valence-corrected chi connectivity index (χ4v) is 13.3. The summed E-state index contributed by atoms with van der Waals surface area (Å²) in [5.74, 6) is -9.43. The molecule has 20 heteroatoms. The molecule has 3 N–H and O–H groups in total. The summed E-state index contributed by atoms with van der Waals surface area (Å²) < 4.78 is 39.7. The Morgan fingerprint density at radius 2 is 1.01 bits per heavy atom. The molecule has 0 bridgehead atoms. The Morgan fingerprint density at radius 3 is 1.50 bits per heavy atom. The Bertz CT molecular complexity index is 2430. The Kier molecular flexibility index (Phi) is 19.3. The number of rotatable bonds is 24. The number of carboxylic acids is 3. The lowest BCUT2D eigenvalue weighted by atomic mass is 9.45. The van der Waals surface area contributed by atoms with E-state index in [9.17, 15) is 58.2 Å². The van der Waals surface area contributed by atoms with Gasteiger partial charge in [0.05, 0.1) is 69.1 Å². The van der Waals surface area contributed by atoms with Gasteiger partial charge >= 0.3 is 59.7 Å². The molecule has 4 fully saturated rings. The first kappa shape index (κ1) is 58.7. The second kappa shape index (κ2) is 25.0. The molecule has 6 aliphatic rings. The Hall–Kier alpha value is -6.60. The minimum absolute atomic E-state index is 0.0727. The maximum Gasteiger partial charge on any atom is 0.338 e. The smallest absolute Gasteiger partial charge is 0.338 e. The summed E-state index contributed by atoms with van der Waals surface area (Å²) in [6.45, 7) is 12.0. The molecule has 0 aromatic carbocycles. The average Bonchev–Trinajstić information content (AvgIpc) is 3.98. The summed E-state index contributed by atoms with van der Waals surface area (Å²) in [5.41, 5.74) is -1.41. The van der Waals surface area contributed by atoms with Crippen molar-refractivity contribution in [3.05, 3.63) is 59.8 Å². The topological polar surface area (TPSA) is 296 Å². The van der Waals surface area contributed by atoms with E-state index in [1.165, 1.54) is 0 Å². The molecule has 11 unspecified atom stereocenters. The lowest BCUT2D eigenvalue weighted by Gasteiger charge is -2.61. The summed E-state index contributed by atoms with van der Waals surface area (Å²) in [6.07, 6.45) is 9.74. The van der Waals surface area contributed by atoms with Crippen molar-refractivity contribution in [2.75, 3.05) is 33.0 Å². The highest BCUT2D eigenvalue weighted by atomic mass is 16.6. The van der Waals surface area contributed by atoms with E-state index in [1.54, 1.807) is 24.3 Å². The lowest BCUT2D eigenvalue weighted by molar-refractivity contribution is -0.201. The number of ether oxygens (including phenoxy) is 7. The average molecular weight is 1070 g/mol. The maximum atomic E-state index is 13.8. The number of hydrogen-bond donors (Lipinski definition) is 3. The number of aliphatic carboxylic acids is 3. The number of carboxylic acid groups (broad SMARTS) is 3. The molecule has 2 heterocycles. The minimum atomic E-state index is -1.18. The molecular weight excluding hydrogens is 993 g/mol. The molecule has 2 aliphatic heterocycles. The van der Waals surface area contributed by atoms with Crippen LogP contribution >= 0.6 is 0 Å². The molecule has 0 amide bonds. The zero-order valence-electron chi connectivity index (χ0n) is 43.8. The van der Waals surface area contributed by atoms with Crippen LogP contribution < -0.4 is 0 Å². The zero-order chi connectivity index (χ0) is 55.6. The Balaban J connectivity index is 1.16. The number of esters is 7. The third-order valence-electron chi connectivity index (χ3n) is 17.3. The highest BCUT2D eigenvalue weighted by Gasteiger charge is 2.62. The first-order valence-corrected chi connectivity index (χ1v) is 26.2. The molecule has 4 saturated carbocycles. The summed E-state index contributed by atoms with van der Waals surface area (Å²) in [5, 5.41) is 27.6. The number of cyclic esters (lactones) is 2. The SMILES string of the molecule is C=C1CCC2C(C)(COC(=O)CCC(=O)O)C(OC(=O)CCC(=O)OCC3CCC4C(C)(COC(=O)CCC(=O)O)C(OC(=O)CCC(=O)O)CCC4(C)C3/C=C/C3=CCOC3=O)CCC2(C)C1/C=C/C1=CCOC1=O. The van der Waals surface area contributed by atoms with Gasteiger partial charge < -0.3 is 48.5 Å². The van der Waals surface area contributed by atoms with Crippen LogP contribution in [0.25, 0.3) is 0 Å². The van der Waals surface area contributed by atoms with E-state index in [4.69, 9.17) is 38.3 Å². The number of fused-ring (bicyclic) bond motifs is 2. The molecular formula is C56H72O20. The van der Waals surface area contributed by atoms with Crippen molar-refractivity contribution in [1.82, 2.24) is 0 Å². The van der Waals surface area contributed by atoms with E-state index in [-0.39, 0.29) is 101 Å². The van der Waals surface area contributed by atoms with Crippen LogP contribution in [-0.2, 0) is 81.1 Å². The van der Waals surface area contributed by atoms with Crippen LogP contribution in [0.3, 0.4) is 0 Å². The highest BCUT2D eigenvalue weighted by Crippen LogP contribution is 2.64. The first-order valence-electron chi connectivity index (χ1n) is 26.2. The standard InChI is InChI=1S/C56H72O20/c1-33-6-12-39-53(2,37(33)10-7-34-24-28-70-51(34)68)26-22-41(55(39,4)31-73-47(64)17-14-43(57)58)76-50(67)21-20-46(63)72-30-36-9-13-40-54(3,38(36)11-8-35-25-29-71-52(35)69)27-23-42(75-49(66)19-16-45(61)62)56(40,5)32-74-48(65)18-15-44(59)60/h7-8,10-11,24-25,36-42H,1,6,9,12-23,26-32H2,2-5H3,(H,57,58)(H,59,60)(H,61,62)/b10-7+,11-8+. The van der Waals surface area contributed by atoms with Gasteiger partial charge in [0.25, 0.3) is 0 Å². The van der Waals surface area contributed by atoms with Crippen LogP contribution in [0.15, 0.2) is 59.8 Å². The normalized spacial score (nSPS) is 31.9. The van der Waals surface area contributed by atoms with Crippen LogP contribution in [-0.4, -0.2) is 120 Å². The van der Waals surface area contributed by atoms with Crippen molar-refractivity contribution < 1.29 is 96.4 Å². The van der Waals surface area contributed by atoms with Gasteiger partial charge in [-0.15, -0.1) is 0 Å². The van der Waals surface area contributed by atoms with Crippen molar-refractivity contribution in [2.24, 2.45) is 51.2 Å². The molecule has 416 valence electrons. The number of allylic oxidation sites excluding steroid dienone is 3. The Morgan fingerprint density at radius 1 is 0.579 bits per heavy atom. The van der Waals surface area contributed by atoms with E-state index in [2.05, 4.69) is 13.5 Å². The minimum Gasteiger partial charge on any atom is -0.481 e. The molecule has 6 rings (SSSR count). The van der Waals surface area contributed by atoms with Gasteiger partial charge in [-0.1, -0.05) is 64.2 Å². The lowest BCUT2D eigenvalue weighted by Crippen LogP contribution is -2.60. The van der Waals surface area contributed by atoms with Gasteiger partial charge in [0.15, 0.2) is 0 Å². The fraction of sp³-hybridized carbons (Fsp3) is 0.643. The van der Waals surface area contributed by atoms with E-state index < -0.39 is 113 Å². The number of hydrogen-bond acceptors (Lipinski definition) is 17. The molecule has 0 aromatic heterocycles. The van der Waals surface area contributed by atoms with Gasteiger partial charge in [0, 0.05) is 16.7 Å². The molecule has 76 heavy (non-hydrogen) atoms. The summed E-state index contributed by atoms with van der Waals surface area (Å²) in [7, 11) is 0. The molecule has 0 spiro atoms. The van der Waals surface area contributed by atoms with E-state index >= 15 is 0 Å².